The van der Waals surface area contributed by atoms with Crippen LogP contribution >= 0.6 is 0 Å². The van der Waals surface area contributed by atoms with Gasteiger partial charge in [-0.2, -0.15) is 0 Å². The number of benzene rings is 1. The first-order valence-corrected chi connectivity index (χ1v) is 6.91. The van der Waals surface area contributed by atoms with Crippen LogP contribution in [0.25, 0.3) is 0 Å². The molecule has 0 bridgehead atoms. The van der Waals surface area contributed by atoms with Gasteiger partial charge in [0, 0.05) is 26.2 Å². The fraction of sp³-hybridized carbons (Fsp3) is 0.600. The summed E-state index contributed by atoms with van der Waals surface area (Å²) in [6, 6.07) is 6.54. The quantitative estimate of drug-likeness (QED) is 0.802. The molecule has 0 spiro atoms. The van der Waals surface area contributed by atoms with Gasteiger partial charge in [-0.3, -0.25) is 0 Å². The number of fused-ring (bicyclic) bond motifs is 1. The van der Waals surface area contributed by atoms with Crippen molar-refractivity contribution in [2.24, 2.45) is 0 Å². The maximum absolute atomic E-state index is 5.73. The molecule has 1 aromatic rings. The van der Waals surface area contributed by atoms with Gasteiger partial charge in [-0.1, -0.05) is 6.07 Å². The molecule has 1 N–H and O–H groups in total. The highest BCUT2D eigenvalue weighted by Crippen LogP contribution is 2.33. The predicted molar refractivity (Wildman–Crippen MR) is 75.0 cm³/mol. The molecule has 0 radical (unpaired) electrons. The fourth-order valence-electron chi connectivity index (χ4n) is 2.31. The molecule has 0 amide bonds. The van der Waals surface area contributed by atoms with E-state index in [1.807, 2.05) is 13.1 Å². The zero-order chi connectivity index (χ0) is 13.5. The van der Waals surface area contributed by atoms with E-state index in [1.54, 1.807) is 7.11 Å². The molecule has 1 aliphatic heterocycles. The normalized spacial score (nSPS) is 15.9. The van der Waals surface area contributed by atoms with Gasteiger partial charge in [-0.15, -0.1) is 0 Å². The Morgan fingerprint density at radius 3 is 2.79 bits per heavy atom. The van der Waals surface area contributed by atoms with Crippen molar-refractivity contribution in [3.05, 3.63) is 23.8 Å². The van der Waals surface area contributed by atoms with Crippen LogP contribution in [0.5, 0.6) is 11.5 Å². The van der Waals surface area contributed by atoms with E-state index in [1.165, 1.54) is 5.56 Å². The highest BCUT2D eigenvalue weighted by molar-refractivity contribution is 5.44. The molecule has 1 aliphatic rings. The van der Waals surface area contributed by atoms with Crippen LogP contribution in [0.3, 0.4) is 0 Å². The molecule has 1 atom stereocenters. The minimum Gasteiger partial charge on any atom is -0.490 e. The van der Waals surface area contributed by atoms with Gasteiger partial charge >= 0.3 is 0 Å². The smallest absolute Gasteiger partial charge is 0.161 e. The number of rotatable bonds is 6. The Balaban J connectivity index is 2.08. The van der Waals surface area contributed by atoms with E-state index in [-0.39, 0.29) is 0 Å². The lowest BCUT2D eigenvalue weighted by molar-refractivity contribution is 0.189. The first-order valence-electron chi connectivity index (χ1n) is 6.91. The summed E-state index contributed by atoms with van der Waals surface area (Å²) in [6.07, 6.45) is 3.02. The molecule has 2 rings (SSSR count). The molecule has 0 saturated carbocycles. The van der Waals surface area contributed by atoms with E-state index in [4.69, 9.17) is 14.2 Å². The van der Waals surface area contributed by atoms with Gasteiger partial charge in [0.1, 0.15) is 0 Å². The van der Waals surface area contributed by atoms with Crippen LogP contribution in [0, 0.1) is 0 Å². The van der Waals surface area contributed by atoms with Crippen molar-refractivity contribution in [3.63, 3.8) is 0 Å². The first kappa shape index (κ1) is 14.2. The Hall–Kier alpha value is -1.26. The van der Waals surface area contributed by atoms with Gasteiger partial charge in [-0.05, 0) is 37.6 Å². The van der Waals surface area contributed by atoms with Gasteiger partial charge in [0.2, 0.25) is 0 Å². The molecule has 0 saturated heterocycles. The topological polar surface area (TPSA) is 39.7 Å². The highest BCUT2D eigenvalue weighted by atomic mass is 16.5. The van der Waals surface area contributed by atoms with Crippen molar-refractivity contribution >= 4 is 0 Å². The lowest BCUT2D eigenvalue weighted by atomic mass is 10.0. The predicted octanol–water partition coefficient (Wildman–Crippen LogP) is 2.54. The Labute approximate surface area is 115 Å². The second-order valence-corrected chi connectivity index (χ2v) is 4.73. The van der Waals surface area contributed by atoms with Crippen LogP contribution in [-0.4, -0.2) is 34.0 Å². The van der Waals surface area contributed by atoms with Gasteiger partial charge in [-0.25, -0.2) is 0 Å². The van der Waals surface area contributed by atoms with Gasteiger partial charge in [0.25, 0.3) is 0 Å². The second kappa shape index (κ2) is 7.36. The summed E-state index contributed by atoms with van der Waals surface area (Å²) >= 11 is 0. The molecule has 1 unspecified atom stereocenters. The summed E-state index contributed by atoms with van der Waals surface area (Å²) in [5, 5.41) is 3.35. The molecule has 1 aromatic carbocycles. The molecule has 1 heterocycles. The second-order valence-electron chi connectivity index (χ2n) is 4.73. The van der Waals surface area contributed by atoms with Crippen molar-refractivity contribution in [3.8, 4) is 11.5 Å². The molecule has 19 heavy (non-hydrogen) atoms. The monoisotopic (exact) mass is 265 g/mol. The minimum atomic E-state index is 0.326. The number of ether oxygens (including phenoxy) is 3. The fourth-order valence-corrected chi connectivity index (χ4v) is 2.31. The van der Waals surface area contributed by atoms with Crippen molar-refractivity contribution in [1.82, 2.24) is 5.32 Å². The van der Waals surface area contributed by atoms with E-state index in [0.29, 0.717) is 6.04 Å². The molecular formula is C15H23NO3. The SMILES string of the molecule is CNC(CCCOC)c1ccc2c(c1)OCCCO2. The molecule has 0 fully saturated rings. The average Bonchev–Trinajstić information content (AvgIpc) is 2.68. The van der Waals surface area contributed by atoms with E-state index >= 15 is 0 Å². The Morgan fingerprint density at radius 1 is 1.26 bits per heavy atom. The molecule has 4 heteroatoms. The number of methoxy groups -OCH3 is 1. The van der Waals surface area contributed by atoms with Crippen molar-refractivity contribution in [2.75, 3.05) is 34.0 Å². The Morgan fingerprint density at radius 2 is 2.05 bits per heavy atom. The largest absolute Gasteiger partial charge is 0.490 e. The van der Waals surface area contributed by atoms with Crippen molar-refractivity contribution in [1.29, 1.82) is 0 Å². The summed E-state index contributed by atoms with van der Waals surface area (Å²) in [7, 11) is 3.72. The summed E-state index contributed by atoms with van der Waals surface area (Å²) < 4.78 is 16.5. The maximum atomic E-state index is 5.73. The third-order valence-electron chi connectivity index (χ3n) is 3.36. The van der Waals surface area contributed by atoms with Gasteiger partial charge < -0.3 is 19.5 Å². The van der Waals surface area contributed by atoms with Crippen molar-refractivity contribution in [2.45, 2.75) is 25.3 Å². The van der Waals surface area contributed by atoms with Gasteiger partial charge in [0.15, 0.2) is 11.5 Å². The Kier molecular flexibility index (Phi) is 5.48. The molecule has 0 aliphatic carbocycles. The maximum Gasteiger partial charge on any atom is 0.161 e. The summed E-state index contributed by atoms with van der Waals surface area (Å²) in [4.78, 5) is 0. The van der Waals surface area contributed by atoms with E-state index in [9.17, 15) is 0 Å². The van der Waals surface area contributed by atoms with Crippen LogP contribution in [0.15, 0.2) is 18.2 Å². The minimum absolute atomic E-state index is 0.326. The summed E-state index contributed by atoms with van der Waals surface area (Å²) in [5.41, 5.74) is 1.24. The molecule has 4 nitrogen and oxygen atoms in total. The third kappa shape index (κ3) is 3.85. The molecular weight excluding hydrogens is 242 g/mol. The molecule has 106 valence electrons. The lowest BCUT2D eigenvalue weighted by Gasteiger charge is -2.18. The number of hydrogen-bond acceptors (Lipinski definition) is 4. The number of nitrogens with one attached hydrogen (secondary N) is 1. The summed E-state index contributed by atoms with van der Waals surface area (Å²) in [5.74, 6) is 1.72. The van der Waals surface area contributed by atoms with Crippen LogP contribution in [-0.2, 0) is 4.74 Å². The average molecular weight is 265 g/mol. The van der Waals surface area contributed by atoms with Crippen LogP contribution in [0.2, 0.25) is 0 Å². The standard InChI is InChI=1S/C15H23NO3/c1-16-13(5-3-8-17-2)12-6-7-14-15(11-12)19-10-4-9-18-14/h6-7,11,13,16H,3-5,8-10H2,1-2H3. The first-order chi connectivity index (χ1) is 9.35. The zero-order valence-electron chi connectivity index (χ0n) is 11.8. The molecule has 0 aromatic heterocycles. The van der Waals surface area contributed by atoms with E-state index < -0.39 is 0 Å². The number of hydrogen-bond donors (Lipinski definition) is 1. The van der Waals surface area contributed by atoms with Crippen LogP contribution < -0.4 is 14.8 Å². The Bertz CT molecular complexity index is 395. The van der Waals surface area contributed by atoms with Crippen LogP contribution in [0.4, 0.5) is 0 Å². The van der Waals surface area contributed by atoms with E-state index in [0.717, 1.165) is 50.6 Å². The highest BCUT2D eigenvalue weighted by Gasteiger charge is 2.15. The van der Waals surface area contributed by atoms with E-state index in [2.05, 4.69) is 17.4 Å². The lowest BCUT2D eigenvalue weighted by Crippen LogP contribution is -2.17. The summed E-state index contributed by atoms with van der Waals surface area (Å²) in [6.45, 7) is 2.25. The third-order valence-corrected chi connectivity index (χ3v) is 3.36. The zero-order valence-corrected chi connectivity index (χ0v) is 11.8. The van der Waals surface area contributed by atoms with Crippen molar-refractivity contribution < 1.29 is 14.2 Å². The van der Waals surface area contributed by atoms with Crippen LogP contribution in [0.1, 0.15) is 30.9 Å². The van der Waals surface area contributed by atoms with Gasteiger partial charge in [0.05, 0.1) is 13.2 Å².